The Morgan fingerprint density at radius 1 is 1.22 bits per heavy atom. The van der Waals surface area contributed by atoms with E-state index in [0.29, 0.717) is 19.3 Å². The van der Waals surface area contributed by atoms with Crippen molar-refractivity contribution in [2.45, 2.75) is 32.3 Å². The van der Waals surface area contributed by atoms with E-state index in [9.17, 15) is 14.7 Å². The lowest BCUT2D eigenvalue weighted by Crippen LogP contribution is -2.42. The number of carbonyl (C=O) groups excluding carboxylic acids is 2. The topological polar surface area (TPSA) is 57.6 Å². The van der Waals surface area contributed by atoms with Crippen molar-refractivity contribution in [3.05, 3.63) is 35.4 Å². The molecule has 0 aromatic heterocycles. The molecule has 1 aliphatic heterocycles. The van der Waals surface area contributed by atoms with Crippen LogP contribution in [0.15, 0.2) is 24.3 Å². The summed E-state index contributed by atoms with van der Waals surface area (Å²) in [5, 5.41) is 10.1. The molecule has 1 aromatic rings. The third-order valence-electron chi connectivity index (χ3n) is 3.29. The summed E-state index contributed by atoms with van der Waals surface area (Å²) in [6.45, 7) is 1.96. The molecule has 1 unspecified atom stereocenters. The molecule has 1 heterocycles. The Bertz CT molecular complexity index is 454. The molecule has 0 radical (unpaired) electrons. The number of benzene rings is 1. The van der Waals surface area contributed by atoms with Crippen LogP contribution in [0.2, 0.25) is 0 Å². The van der Waals surface area contributed by atoms with Crippen molar-refractivity contribution in [2.24, 2.45) is 0 Å². The maximum atomic E-state index is 11.7. The zero-order chi connectivity index (χ0) is 13.1. The van der Waals surface area contributed by atoms with Crippen LogP contribution in [0.5, 0.6) is 0 Å². The minimum atomic E-state index is -0.808. The summed E-state index contributed by atoms with van der Waals surface area (Å²) >= 11 is 0. The van der Waals surface area contributed by atoms with E-state index in [1.165, 1.54) is 4.90 Å². The second kappa shape index (κ2) is 5.31. The van der Waals surface area contributed by atoms with Gasteiger partial charge in [0.15, 0.2) is 0 Å². The molecule has 0 saturated carbocycles. The molecule has 4 nitrogen and oxygen atoms in total. The number of likely N-dealkylation sites (tertiary alicyclic amines) is 1. The van der Waals surface area contributed by atoms with Crippen LogP contribution in [0.3, 0.4) is 0 Å². The first kappa shape index (κ1) is 12.8. The number of nitrogens with zero attached hydrogens (tertiary/aromatic N) is 1. The molecule has 1 atom stereocenters. The van der Waals surface area contributed by atoms with E-state index < -0.39 is 6.10 Å². The van der Waals surface area contributed by atoms with Crippen LogP contribution in [0.1, 0.15) is 36.5 Å². The summed E-state index contributed by atoms with van der Waals surface area (Å²) in [4.78, 5) is 24.5. The van der Waals surface area contributed by atoms with Crippen molar-refractivity contribution in [3.8, 4) is 0 Å². The molecule has 0 spiro atoms. The summed E-state index contributed by atoms with van der Waals surface area (Å²) in [7, 11) is 0. The normalized spacial score (nSPS) is 18.0. The van der Waals surface area contributed by atoms with E-state index in [1.807, 2.05) is 31.2 Å². The SMILES string of the molecule is Cc1ccccc1C(O)CN1C(=O)CCCC1=O. The Balaban J connectivity index is 2.11. The van der Waals surface area contributed by atoms with Crippen molar-refractivity contribution in [2.75, 3.05) is 6.54 Å². The second-order valence-electron chi connectivity index (χ2n) is 4.62. The highest BCUT2D eigenvalue weighted by Gasteiger charge is 2.28. The summed E-state index contributed by atoms with van der Waals surface area (Å²) in [6.07, 6.45) is 0.602. The van der Waals surface area contributed by atoms with Crippen molar-refractivity contribution < 1.29 is 14.7 Å². The summed E-state index contributed by atoms with van der Waals surface area (Å²) < 4.78 is 0. The quantitative estimate of drug-likeness (QED) is 0.825. The monoisotopic (exact) mass is 247 g/mol. The van der Waals surface area contributed by atoms with Crippen molar-refractivity contribution in [1.29, 1.82) is 0 Å². The molecule has 1 N–H and O–H groups in total. The van der Waals surface area contributed by atoms with Gasteiger partial charge >= 0.3 is 0 Å². The smallest absolute Gasteiger partial charge is 0.229 e. The number of amides is 2. The van der Waals surface area contributed by atoms with Gasteiger partial charge in [0.25, 0.3) is 0 Å². The number of β-amino-alcohol motifs (C(OH)–C–C–N with tert-alkyl or cyclic N) is 1. The summed E-state index contributed by atoms with van der Waals surface area (Å²) in [6, 6.07) is 7.45. The molecular formula is C14H17NO3. The van der Waals surface area contributed by atoms with E-state index in [-0.39, 0.29) is 18.4 Å². The van der Waals surface area contributed by atoms with Crippen LogP contribution in [0, 0.1) is 6.92 Å². The molecule has 2 amide bonds. The first-order chi connectivity index (χ1) is 8.59. The molecule has 0 aliphatic carbocycles. The van der Waals surface area contributed by atoms with Crippen LogP contribution < -0.4 is 0 Å². The predicted octanol–water partition coefficient (Wildman–Crippen LogP) is 1.57. The molecule has 1 aromatic carbocycles. The van der Waals surface area contributed by atoms with Crippen molar-refractivity contribution in [1.82, 2.24) is 4.90 Å². The van der Waals surface area contributed by atoms with Crippen LogP contribution >= 0.6 is 0 Å². The lowest BCUT2D eigenvalue weighted by Gasteiger charge is -2.27. The zero-order valence-corrected chi connectivity index (χ0v) is 10.4. The molecule has 96 valence electrons. The van der Waals surface area contributed by atoms with Gasteiger partial charge in [0.05, 0.1) is 12.6 Å². The molecule has 1 saturated heterocycles. The van der Waals surface area contributed by atoms with E-state index in [0.717, 1.165) is 11.1 Å². The van der Waals surface area contributed by atoms with Gasteiger partial charge in [-0.2, -0.15) is 0 Å². The maximum Gasteiger partial charge on any atom is 0.229 e. The average molecular weight is 247 g/mol. The van der Waals surface area contributed by atoms with E-state index >= 15 is 0 Å². The number of carbonyl (C=O) groups is 2. The highest BCUT2D eigenvalue weighted by Crippen LogP contribution is 2.21. The van der Waals surface area contributed by atoms with Gasteiger partial charge in [0.2, 0.25) is 11.8 Å². The van der Waals surface area contributed by atoms with Crippen LogP contribution in [0.4, 0.5) is 0 Å². The van der Waals surface area contributed by atoms with Gasteiger partial charge in [0.1, 0.15) is 0 Å². The lowest BCUT2D eigenvalue weighted by molar-refractivity contribution is -0.149. The number of hydrogen-bond acceptors (Lipinski definition) is 3. The first-order valence-corrected chi connectivity index (χ1v) is 6.16. The van der Waals surface area contributed by atoms with E-state index in [2.05, 4.69) is 0 Å². The molecular weight excluding hydrogens is 230 g/mol. The Kier molecular flexibility index (Phi) is 3.77. The highest BCUT2D eigenvalue weighted by atomic mass is 16.3. The third-order valence-corrected chi connectivity index (χ3v) is 3.29. The molecule has 1 aliphatic rings. The lowest BCUT2D eigenvalue weighted by atomic mass is 10.0. The van der Waals surface area contributed by atoms with Gasteiger partial charge in [-0.05, 0) is 24.5 Å². The first-order valence-electron chi connectivity index (χ1n) is 6.16. The van der Waals surface area contributed by atoms with Crippen LogP contribution in [-0.2, 0) is 9.59 Å². The van der Waals surface area contributed by atoms with Gasteiger partial charge in [-0.1, -0.05) is 24.3 Å². The van der Waals surface area contributed by atoms with Crippen molar-refractivity contribution >= 4 is 11.8 Å². The summed E-state index contributed by atoms with van der Waals surface area (Å²) in [5.74, 6) is -0.363. The predicted molar refractivity (Wildman–Crippen MR) is 66.7 cm³/mol. The zero-order valence-electron chi connectivity index (χ0n) is 10.4. The minimum Gasteiger partial charge on any atom is -0.387 e. The van der Waals surface area contributed by atoms with Gasteiger partial charge in [-0.25, -0.2) is 0 Å². The molecule has 1 fully saturated rings. The number of aliphatic hydroxyl groups excluding tert-OH is 1. The van der Waals surface area contributed by atoms with Crippen LogP contribution in [0.25, 0.3) is 0 Å². The van der Waals surface area contributed by atoms with Gasteiger partial charge in [-0.3, -0.25) is 14.5 Å². The number of piperidine rings is 1. The van der Waals surface area contributed by atoms with Gasteiger partial charge in [0, 0.05) is 12.8 Å². The number of aliphatic hydroxyl groups is 1. The average Bonchev–Trinajstić information content (AvgIpc) is 2.34. The fourth-order valence-corrected chi connectivity index (χ4v) is 2.24. The highest BCUT2D eigenvalue weighted by molar-refractivity contribution is 5.97. The molecule has 4 heteroatoms. The molecule has 18 heavy (non-hydrogen) atoms. The van der Waals surface area contributed by atoms with Gasteiger partial charge in [-0.15, -0.1) is 0 Å². The Morgan fingerprint density at radius 2 is 1.83 bits per heavy atom. The second-order valence-corrected chi connectivity index (χ2v) is 4.62. The third kappa shape index (κ3) is 2.59. The van der Waals surface area contributed by atoms with E-state index in [4.69, 9.17) is 0 Å². The minimum absolute atomic E-state index is 0.0581. The van der Waals surface area contributed by atoms with Gasteiger partial charge < -0.3 is 5.11 Å². The number of imide groups is 1. The Hall–Kier alpha value is -1.68. The molecule has 0 bridgehead atoms. The van der Waals surface area contributed by atoms with Crippen molar-refractivity contribution in [3.63, 3.8) is 0 Å². The standard InChI is InChI=1S/C14H17NO3/c1-10-5-2-3-6-11(10)12(16)9-15-13(17)7-4-8-14(15)18/h2-3,5-6,12,16H,4,7-9H2,1H3. The Morgan fingerprint density at radius 3 is 2.44 bits per heavy atom. The Labute approximate surface area is 106 Å². The fraction of sp³-hybridized carbons (Fsp3) is 0.429. The molecule has 2 rings (SSSR count). The number of rotatable bonds is 3. The number of hydrogen-bond donors (Lipinski definition) is 1. The summed E-state index contributed by atoms with van der Waals surface area (Å²) in [5.41, 5.74) is 1.73. The maximum absolute atomic E-state index is 11.7. The fourth-order valence-electron chi connectivity index (χ4n) is 2.24. The van der Waals surface area contributed by atoms with Crippen LogP contribution in [-0.4, -0.2) is 28.4 Å². The number of aryl methyl sites for hydroxylation is 1. The largest absolute Gasteiger partial charge is 0.387 e. The van der Waals surface area contributed by atoms with E-state index in [1.54, 1.807) is 0 Å².